The van der Waals surface area contributed by atoms with Crippen molar-refractivity contribution < 1.29 is 17.9 Å². The molecule has 1 saturated heterocycles. The summed E-state index contributed by atoms with van der Waals surface area (Å²) < 4.78 is 43.8. The fourth-order valence-electron chi connectivity index (χ4n) is 3.63. The van der Waals surface area contributed by atoms with Crippen LogP contribution in [0.2, 0.25) is 0 Å². The lowest BCUT2D eigenvalue weighted by molar-refractivity contribution is -0.137. The van der Waals surface area contributed by atoms with Crippen LogP contribution < -0.4 is 4.90 Å². The van der Waals surface area contributed by atoms with Crippen LogP contribution in [0.5, 0.6) is 0 Å². The van der Waals surface area contributed by atoms with Gasteiger partial charge in [-0.3, -0.25) is 0 Å². The summed E-state index contributed by atoms with van der Waals surface area (Å²) in [5, 5.41) is 0.854. The van der Waals surface area contributed by atoms with Crippen LogP contribution >= 0.6 is 0 Å². The summed E-state index contributed by atoms with van der Waals surface area (Å²) >= 11 is 0. The van der Waals surface area contributed by atoms with Crippen LogP contribution in [-0.2, 0) is 10.9 Å². The summed E-state index contributed by atoms with van der Waals surface area (Å²) in [7, 11) is 2.00. The van der Waals surface area contributed by atoms with Gasteiger partial charge in [0, 0.05) is 32.5 Å². The minimum Gasteiger partial charge on any atom is -0.381 e. The standard InChI is InChI=1S/C20H21F3N4O/c1-27(11-13-6-8-28-9-7-13)19-16-10-17(26-18(16)24-12-25-19)14-2-4-15(5-3-14)20(21,22)23/h2-5,10,12-13H,6-9,11H2,1H3,(H,24,25,26). The second-order valence-electron chi connectivity index (χ2n) is 7.15. The van der Waals surface area contributed by atoms with E-state index in [0.29, 0.717) is 22.8 Å². The highest BCUT2D eigenvalue weighted by atomic mass is 19.4. The first-order valence-corrected chi connectivity index (χ1v) is 9.22. The average Bonchev–Trinajstić information content (AvgIpc) is 3.12. The normalized spacial score (nSPS) is 15.9. The summed E-state index contributed by atoms with van der Waals surface area (Å²) in [6.45, 7) is 2.45. The minimum absolute atomic E-state index is 0.553. The molecule has 1 N–H and O–H groups in total. The zero-order valence-electron chi connectivity index (χ0n) is 15.5. The van der Waals surface area contributed by atoms with E-state index in [1.54, 1.807) is 0 Å². The second-order valence-corrected chi connectivity index (χ2v) is 7.15. The van der Waals surface area contributed by atoms with E-state index in [9.17, 15) is 13.2 Å². The quantitative estimate of drug-likeness (QED) is 0.712. The van der Waals surface area contributed by atoms with Gasteiger partial charge in [-0.2, -0.15) is 13.2 Å². The topological polar surface area (TPSA) is 54.0 Å². The van der Waals surface area contributed by atoms with E-state index in [0.717, 1.165) is 55.9 Å². The average molecular weight is 390 g/mol. The van der Waals surface area contributed by atoms with Crippen molar-refractivity contribution in [1.29, 1.82) is 0 Å². The summed E-state index contributed by atoms with van der Waals surface area (Å²) in [6.07, 6.45) is -0.777. The van der Waals surface area contributed by atoms with Crippen LogP contribution in [0.25, 0.3) is 22.3 Å². The van der Waals surface area contributed by atoms with Gasteiger partial charge in [-0.15, -0.1) is 0 Å². The number of alkyl halides is 3. The van der Waals surface area contributed by atoms with E-state index in [-0.39, 0.29) is 0 Å². The number of H-pyrrole nitrogens is 1. The molecule has 0 amide bonds. The maximum atomic E-state index is 12.8. The first kappa shape index (κ1) is 18.7. The number of rotatable bonds is 4. The Bertz CT molecular complexity index is 946. The molecule has 0 bridgehead atoms. The minimum atomic E-state index is -4.34. The molecule has 1 aliphatic heterocycles. The third-order valence-corrected chi connectivity index (χ3v) is 5.16. The number of nitrogens with zero attached hydrogens (tertiary/aromatic N) is 3. The predicted octanol–water partition coefficient (Wildman–Crippen LogP) is 4.51. The van der Waals surface area contributed by atoms with Gasteiger partial charge in [0.05, 0.1) is 10.9 Å². The number of nitrogens with one attached hydrogen (secondary N) is 1. The molecule has 0 spiro atoms. The van der Waals surface area contributed by atoms with Gasteiger partial charge in [0.25, 0.3) is 0 Å². The molecule has 0 radical (unpaired) electrons. The molecule has 1 aromatic carbocycles. The Morgan fingerprint density at radius 2 is 1.86 bits per heavy atom. The first-order valence-electron chi connectivity index (χ1n) is 9.22. The SMILES string of the molecule is CN(CC1CCOCC1)c1ncnc2[nH]c(-c3ccc(C(F)(F)F)cc3)cc12. The highest BCUT2D eigenvalue weighted by Crippen LogP contribution is 2.33. The predicted molar refractivity (Wildman–Crippen MR) is 101 cm³/mol. The summed E-state index contributed by atoms with van der Waals surface area (Å²) in [5.74, 6) is 1.36. The molecular weight excluding hydrogens is 369 g/mol. The summed E-state index contributed by atoms with van der Waals surface area (Å²) in [5.41, 5.74) is 1.39. The zero-order valence-corrected chi connectivity index (χ0v) is 15.5. The Labute approximate surface area is 160 Å². The Morgan fingerprint density at radius 3 is 2.54 bits per heavy atom. The molecule has 3 heterocycles. The van der Waals surface area contributed by atoms with Crippen molar-refractivity contribution in [2.75, 3.05) is 31.7 Å². The Morgan fingerprint density at radius 1 is 1.14 bits per heavy atom. The highest BCUT2D eigenvalue weighted by molar-refractivity contribution is 5.91. The van der Waals surface area contributed by atoms with Crippen molar-refractivity contribution in [2.45, 2.75) is 19.0 Å². The fraction of sp³-hybridized carbons (Fsp3) is 0.400. The van der Waals surface area contributed by atoms with Gasteiger partial charge >= 0.3 is 6.18 Å². The largest absolute Gasteiger partial charge is 0.416 e. The molecule has 3 aromatic rings. The third-order valence-electron chi connectivity index (χ3n) is 5.16. The fourth-order valence-corrected chi connectivity index (χ4v) is 3.63. The van der Waals surface area contributed by atoms with Crippen LogP contribution in [0, 0.1) is 5.92 Å². The summed E-state index contributed by atoms with van der Waals surface area (Å²) in [4.78, 5) is 14.0. The van der Waals surface area contributed by atoms with Gasteiger partial charge in [-0.05, 0) is 42.5 Å². The molecule has 1 aliphatic rings. The molecule has 0 unspecified atom stereocenters. The number of ether oxygens (including phenoxy) is 1. The smallest absolute Gasteiger partial charge is 0.381 e. The van der Waals surface area contributed by atoms with Crippen molar-refractivity contribution in [3.8, 4) is 11.3 Å². The number of fused-ring (bicyclic) bond motifs is 1. The lowest BCUT2D eigenvalue weighted by Gasteiger charge is -2.27. The van der Waals surface area contributed by atoms with Gasteiger partial charge in [0.1, 0.15) is 17.8 Å². The van der Waals surface area contributed by atoms with Crippen LogP contribution in [0.1, 0.15) is 18.4 Å². The van der Waals surface area contributed by atoms with Crippen molar-refractivity contribution in [2.24, 2.45) is 5.92 Å². The molecule has 0 aliphatic carbocycles. The number of halogens is 3. The maximum absolute atomic E-state index is 12.8. The number of benzene rings is 1. The Balaban J connectivity index is 1.61. The third kappa shape index (κ3) is 3.82. The van der Waals surface area contributed by atoms with Gasteiger partial charge in [0.15, 0.2) is 0 Å². The van der Waals surface area contributed by atoms with Gasteiger partial charge in [-0.1, -0.05) is 12.1 Å². The zero-order chi connectivity index (χ0) is 19.7. The van der Waals surface area contributed by atoms with Crippen molar-refractivity contribution in [1.82, 2.24) is 15.0 Å². The molecule has 1 fully saturated rings. The number of aromatic nitrogens is 3. The Kier molecular flexibility index (Phi) is 4.97. The lowest BCUT2D eigenvalue weighted by atomic mass is 10.00. The van der Waals surface area contributed by atoms with E-state index >= 15 is 0 Å². The number of hydrogen-bond acceptors (Lipinski definition) is 4. The van der Waals surface area contributed by atoms with E-state index in [2.05, 4.69) is 19.9 Å². The molecule has 0 saturated carbocycles. The molecule has 0 atom stereocenters. The lowest BCUT2D eigenvalue weighted by Crippen LogP contribution is -2.30. The van der Waals surface area contributed by atoms with Crippen molar-refractivity contribution in [3.63, 3.8) is 0 Å². The molecule has 28 heavy (non-hydrogen) atoms. The number of hydrogen-bond donors (Lipinski definition) is 1. The van der Waals surface area contributed by atoms with Crippen molar-refractivity contribution >= 4 is 16.9 Å². The first-order chi connectivity index (χ1) is 13.4. The Hall–Kier alpha value is -2.61. The van der Waals surface area contributed by atoms with Crippen LogP contribution in [0.4, 0.5) is 19.0 Å². The van der Waals surface area contributed by atoms with Crippen LogP contribution in [0.15, 0.2) is 36.7 Å². The highest BCUT2D eigenvalue weighted by Gasteiger charge is 2.30. The monoisotopic (exact) mass is 390 g/mol. The number of anilines is 1. The van der Waals surface area contributed by atoms with Gasteiger partial charge < -0.3 is 14.6 Å². The second kappa shape index (κ2) is 7.43. The number of aromatic amines is 1. The van der Waals surface area contributed by atoms with Gasteiger partial charge in [0.2, 0.25) is 0 Å². The molecular formula is C20H21F3N4O. The molecule has 8 heteroatoms. The van der Waals surface area contributed by atoms with E-state index in [1.807, 2.05) is 13.1 Å². The molecule has 4 rings (SSSR count). The van der Waals surface area contributed by atoms with Crippen LogP contribution in [-0.4, -0.2) is 41.8 Å². The van der Waals surface area contributed by atoms with E-state index in [1.165, 1.54) is 18.5 Å². The van der Waals surface area contributed by atoms with E-state index < -0.39 is 11.7 Å². The molecule has 5 nitrogen and oxygen atoms in total. The maximum Gasteiger partial charge on any atom is 0.416 e. The molecule has 2 aromatic heterocycles. The summed E-state index contributed by atoms with van der Waals surface area (Å²) in [6, 6.07) is 7.00. The van der Waals surface area contributed by atoms with Gasteiger partial charge in [-0.25, -0.2) is 9.97 Å². The van der Waals surface area contributed by atoms with Crippen molar-refractivity contribution in [3.05, 3.63) is 42.2 Å². The van der Waals surface area contributed by atoms with E-state index in [4.69, 9.17) is 4.74 Å². The molecule has 148 valence electrons. The van der Waals surface area contributed by atoms with Crippen LogP contribution in [0.3, 0.4) is 0 Å².